The van der Waals surface area contributed by atoms with Gasteiger partial charge in [0.1, 0.15) is 0 Å². The van der Waals surface area contributed by atoms with Crippen LogP contribution in [0.5, 0.6) is 0 Å². The quantitative estimate of drug-likeness (QED) is 0.749. The summed E-state index contributed by atoms with van der Waals surface area (Å²) in [4.78, 5) is 4.08. The predicted octanol–water partition coefficient (Wildman–Crippen LogP) is 3.28. The standard InChI is InChI=1S/C10H14BrNS/c1-2-12-5-3-4-8-6-10(11)13-9(8)7-12/h6H,2-5,7H2,1H3. The molecule has 1 nitrogen and oxygen atoms in total. The van der Waals surface area contributed by atoms with Gasteiger partial charge in [0.05, 0.1) is 3.79 Å². The van der Waals surface area contributed by atoms with Crippen molar-refractivity contribution >= 4 is 27.3 Å². The summed E-state index contributed by atoms with van der Waals surface area (Å²) in [5.74, 6) is 0. The first-order valence-electron chi connectivity index (χ1n) is 4.79. The molecule has 0 fully saturated rings. The van der Waals surface area contributed by atoms with Crippen LogP contribution in [-0.2, 0) is 13.0 Å². The molecule has 0 aliphatic carbocycles. The molecule has 0 spiro atoms. The van der Waals surface area contributed by atoms with E-state index in [4.69, 9.17) is 0 Å². The Balaban J connectivity index is 2.22. The van der Waals surface area contributed by atoms with E-state index >= 15 is 0 Å². The lowest BCUT2D eigenvalue weighted by Crippen LogP contribution is -2.22. The SMILES string of the molecule is CCN1CCCc2cc(Br)sc2C1. The van der Waals surface area contributed by atoms with Crippen molar-refractivity contribution in [2.24, 2.45) is 0 Å². The molecule has 0 saturated carbocycles. The van der Waals surface area contributed by atoms with Crippen LogP contribution in [0.4, 0.5) is 0 Å². The number of halogens is 1. The topological polar surface area (TPSA) is 3.24 Å². The fourth-order valence-corrected chi connectivity index (χ4v) is 3.66. The molecule has 13 heavy (non-hydrogen) atoms. The highest BCUT2D eigenvalue weighted by Crippen LogP contribution is 2.30. The average Bonchev–Trinajstić information content (AvgIpc) is 2.33. The van der Waals surface area contributed by atoms with Gasteiger partial charge in [0, 0.05) is 11.4 Å². The van der Waals surface area contributed by atoms with Crippen LogP contribution in [0.1, 0.15) is 23.8 Å². The molecule has 0 bridgehead atoms. The molecule has 1 aliphatic heterocycles. The first-order valence-corrected chi connectivity index (χ1v) is 6.40. The van der Waals surface area contributed by atoms with Crippen LogP contribution in [-0.4, -0.2) is 18.0 Å². The maximum atomic E-state index is 3.56. The second-order valence-electron chi connectivity index (χ2n) is 3.47. The number of nitrogens with zero attached hydrogens (tertiary/aromatic N) is 1. The van der Waals surface area contributed by atoms with Crippen LogP contribution in [0.15, 0.2) is 9.85 Å². The summed E-state index contributed by atoms with van der Waals surface area (Å²) in [5, 5.41) is 0. The zero-order chi connectivity index (χ0) is 9.26. The van der Waals surface area contributed by atoms with Gasteiger partial charge in [-0.3, -0.25) is 4.90 Å². The van der Waals surface area contributed by atoms with Crippen molar-refractivity contribution < 1.29 is 0 Å². The maximum absolute atomic E-state index is 3.56. The van der Waals surface area contributed by atoms with E-state index in [1.54, 1.807) is 10.4 Å². The largest absolute Gasteiger partial charge is 0.299 e. The number of rotatable bonds is 1. The molecule has 0 radical (unpaired) electrons. The third-order valence-electron chi connectivity index (χ3n) is 2.60. The molecule has 0 saturated heterocycles. The van der Waals surface area contributed by atoms with E-state index in [1.165, 1.54) is 29.7 Å². The predicted molar refractivity (Wildman–Crippen MR) is 61.3 cm³/mol. The Labute approximate surface area is 91.9 Å². The highest BCUT2D eigenvalue weighted by atomic mass is 79.9. The van der Waals surface area contributed by atoms with Crippen LogP contribution in [0.25, 0.3) is 0 Å². The summed E-state index contributed by atoms with van der Waals surface area (Å²) in [7, 11) is 0. The van der Waals surface area contributed by atoms with E-state index in [9.17, 15) is 0 Å². The molecular formula is C10H14BrNS. The second kappa shape index (κ2) is 4.11. The molecule has 2 rings (SSSR count). The smallest absolute Gasteiger partial charge is 0.0704 e. The normalized spacial score (nSPS) is 18.3. The molecule has 2 heterocycles. The van der Waals surface area contributed by atoms with Crippen molar-refractivity contribution in [2.75, 3.05) is 13.1 Å². The minimum atomic E-state index is 1.15. The molecule has 1 aliphatic rings. The van der Waals surface area contributed by atoms with Gasteiger partial charge in [-0.15, -0.1) is 11.3 Å². The average molecular weight is 260 g/mol. The van der Waals surface area contributed by atoms with E-state index in [-0.39, 0.29) is 0 Å². The van der Waals surface area contributed by atoms with Gasteiger partial charge in [0.2, 0.25) is 0 Å². The van der Waals surface area contributed by atoms with Gasteiger partial charge >= 0.3 is 0 Å². The molecule has 72 valence electrons. The molecule has 0 amide bonds. The van der Waals surface area contributed by atoms with Gasteiger partial charge < -0.3 is 0 Å². The van der Waals surface area contributed by atoms with Gasteiger partial charge in [-0.1, -0.05) is 6.92 Å². The van der Waals surface area contributed by atoms with Gasteiger partial charge in [-0.25, -0.2) is 0 Å². The lowest BCUT2D eigenvalue weighted by Gasteiger charge is -2.16. The van der Waals surface area contributed by atoms with E-state index < -0.39 is 0 Å². The highest BCUT2D eigenvalue weighted by Gasteiger charge is 2.15. The monoisotopic (exact) mass is 259 g/mol. The number of aryl methyl sites for hydroxylation is 1. The van der Waals surface area contributed by atoms with Crippen molar-refractivity contribution in [1.82, 2.24) is 4.90 Å². The molecule has 0 unspecified atom stereocenters. The Hall–Kier alpha value is 0.140. The minimum Gasteiger partial charge on any atom is -0.299 e. The maximum Gasteiger partial charge on any atom is 0.0704 e. The van der Waals surface area contributed by atoms with E-state index in [0.29, 0.717) is 0 Å². The fourth-order valence-electron chi connectivity index (χ4n) is 1.82. The lowest BCUT2D eigenvalue weighted by atomic mass is 10.2. The van der Waals surface area contributed by atoms with Crippen LogP contribution in [0, 0.1) is 0 Å². The number of fused-ring (bicyclic) bond motifs is 1. The van der Waals surface area contributed by atoms with Crippen LogP contribution in [0.3, 0.4) is 0 Å². The van der Waals surface area contributed by atoms with E-state index in [2.05, 4.69) is 33.8 Å². The summed E-state index contributed by atoms with van der Waals surface area (Å²) in [6.07, 6.45) is 2.57. The lowest BCUT2D eigenvalue weighted by molar-refractivity contribution is 0.286. The van der Waals surface area contributed by atoms with Crippen molar-refractivity contribution in [1.29, 1.82) is 0 Å². The number of hydrogen-bond acceptors (Lipinski definition) is 2. The van der Waals surface area contributed by atoms with Crippen molar-refractivity contribution in [3.63, 3.8) is 0 Å². The Kier molecular flexibility index (Phi) is 3.06. The number of thiophene rings is 1. The van der Waals surface area contributed by atoms with Gasteiger partial charge in [-0.05, 0) is 53.5 Å². The third-order valence-corrected chi connectivity index (χ3v) is 4.27. The minimum absolute atomic E-state index is 1.15. The summed E-state index contributed by atoms with van der Waals surface area (Å²) < 4.78 is 1.29. The summed E-state index contributed by atoms with van der Waals surface area (Å²) >= 11 is 5.46. The Morgan fingerprint density at radius 2 is 2.46 bits per heavy atom. The molecular weight excluding hydrogens is 246 g/mol. The molecule has 0 aromatic carbocycles. The van der Waals surface area contributed by atoms with Crippen molar-refractivity contribution in [3.05, 3.63) is 20.3 Å². The summed E-state index contributed by atoms with van der Waals surface area (Å²) in [6.45, 7) is 5.83. The zero-order valence-electron chi connectivity index (χ0n) is 7.85. The number of hydrogen-bond donors (Lipinski definition) is 0. The van der Waals surface area contributed by atoms with Crippen LogP contribution in [0.2, 0.25) is 0 Å². The molecule has 3 heteroatoms. The molecule has 0 N–H and O–H groups in total. The molecule has 0 atom stereocenters. The fraction of sp³-hybridized carbons (Fsp3) is 0.600. The Morgan fingerprint density at radius 3 is 3.23 bits per heavy atom. The van der Waals surface area contributed by atoms with Crippen molar-refractivity contribution in [3.8, 4) is 0 Å². The van der Waals surface area contributed by atoms with Gasteiger partial charge in [-0.2, -0.15) is 0 Å². The Morgan fingerprint density at radius 1 is 1.62 bits per heavy atom. The molecule has 1 aromatic rings. The van der Waals surface area contributed by atoms with Gasteiger partial charge in [0.25, 0.3) is 0 Å². The second-order valence-corrected chi connectivity index (χ2v) is 5.99. The van der Waals surface area contributed by atoms with Crippen LogP contribution >= 0.6 is 27.3 Å². The third kappa shape index (κ3) is 2.14. The zero-order valence-corrected chi connectivity index (χ0v) is 10.2. The van der Waals surface area contributed by atoms with E-state index in [0.717, 1.165) is 6.54 Å². The first-order chi connectivity index (χ1) is 6.29. The van der Waals surface area contributed by atoms with Gasteiger partial charge in [0.15, 0.2) is 0 Å². The molecule has 1 aromatic heterocycles. The van der Waals surface area contributed by atoms with Crippen molar-refractivity contribution in [2.45, 2.75) is 26.3 Å². The summed E-state index contributed by atoms with van der Waals surface area (Å²) in [5.41, 5.74) is 1.56. The summed E-state index contributed by atoms with van der Waals surface area (Å²) in [6, 6.07) is 2.29. The van der Waals surface area contributed by atoms with E-state index in [1.807, 2.05) is 11.3 Å². The van der Waals surface area contributed by atoms with Crippen LogP contribution < -0.4 is 0 Å². The first kappa shape index (κ1) is 9.69. The Bertz CT molecular complexity index is 295. The highest BCUT2D eigenvalue weighted by molar-refractivity contribution is 9.11.